The molecule has 7 heteroatoms. The van der Waals surface area contributed by atoms with Crippen LogP contribution < -0.4 is 0 Å². The average Bonchev–Trinajstić information content (AvgIpc) is 3.16. The normalized spacial score (nSPS) is 15.0. The molecule has 0 saturated carbocycles. The third-order valence-electron chi connectivity index (χ3n) is 5.21. The van der Waals surface area contributed by atoms with Crippen LogP contribution in [0.15, 0.2) is 48.9 Å². The maximum atomic E-state index is 13.5. The number of pyridine rings is 1. The lowest BCUT2D eigenvalue weighted by Gasteiger charge is -2.32. The number of carbonyl (C=O) groups excluding carboxylic acids is 1. The summed E-state index contributed by atoms with van der Waals surface area (Å²) in [6.07, 6.45) is 6.68. The Balaban J connectivity index is 1.45. The summed E-state index contributed by atoms with van der Waals surface area (Å²) in [5.74, 6) is -1.66. The molecule has 1 aromatic carbocycles. The number of likely N-dealkylation sites (tertiary alicyclic amines) is 1. The predicted octanol–water partition coefficient (Wildman–Crippen LogP) is 3.78. The van der Waals surface area contributed by atoms with Crippen LogP contribution in [0.25, 0.3) is 11.1 Å². The molecule has 1 saturated heterocycles. The van der Waals surface area contributed by atoms with Gasteiger partial charge in [0.1, 0.15) is 5.69 Å². The van der Waals surface area contributed by atoms with E-state index >= 15 is 0 Å². The van der Waals surface area contributed by atoms with Gasteiger partial charge in [-0.25, -0.2) is 8.78 Å². The third kappa shape index (κ3) is 3.65. The molecule has 2 aromatic heterocycles. The van der Waals surface area contributed by atoms with Crippen LogP contribution in [0, 0.1) is 11.6 Å². The number of hydrogen-bond donors (Lipinski definition) is 0. The largest absolute Gasteiger partial charge is 0.337 e. The molecule has 5 nitrogen and oxygen atoms in total. The number of amides is 1. The summed E-state index contributed by atoms with van der Waals surface area (Å²) in [6, 6.07) is 7.68. The molecule has 0 N–H and O–H groups in total. The van der Waals surface area contributed by atoms with Crippen molar-refractivity contribution in [2.75, 3.05) is 13.1 Å². The van der Waals surface area contributed by atoms with Gasteiger partial charge >= 0.3 is 0 Å². The first-order valence-corrected chi connectivity index (χ1v) is 9.20. The zero-order valence-electron chi connectivity index (χ0n) is 15.5. The number of hydrogen-bond acceptors (Lipinski definition) is 3. The summed E-state index contributed by atoms with van der Waals surface area (Å²) in [6.45, 7) is 1.11. The van der Waals surface area contributed by atoms with E-state index in [9.17, 15) is 13.6 Å². The molecule has 1 aliphatic rings. The zero-order chi connectivity index (χ0) is 19.7. The molecule has 0 bridgehead atoms. The highest BCUT2D eigenvalue weighted by Crippen LogP contribution is 2.29. The number of rotatable bonds is 3. The molecule has 4 rings (SSSR count). The summed E-state index contributed by atoms with van der Waals surface area (Å²) in [5, 5.41) is 4.16. The maximum Gasteiger partial charge on any atom is 0.272 e. The lowest BCUT2D eigenvalue weighted by Crippen LogP contribution is -2.38. The Hall–Kier alpha value is -3.09. The summed E-state index contributed by atoms with van der Waals surface area (Å²) in [5.41, 5.74) is 2.99. The topological polar surface area (TPSA) is 51.0 Å². The highest BCUT2D eigenvalue weighted by Gasteiger charge is 2.26. The first kappa shape index (κ1) is 18.3. The van der Waals surface area contributed by atoms with Gasteiger partial charge in [0.15, 0.2) is 11.6 Å². The Morgan fingerprint density at radius 2 is 1.86 bits per heavy atom. The molecule has 0 unspecified atom stereocenters. The predicted molar refractivity (Wildman–Crippen MR) is 101 cm³/mol. The van der Waals surface area contributed by atoms with Gasteiger partial charge in [0.25, 0.3) is 5.91 Å². The van der Waals surface area contributed by atoms with Crippen LogP contribution in [-0.4, -0.2) is 38.7 Å². The Kier molecular flexibility index (Phi) is 4.90. The van der Waals surface area contributed by atoms with E-state index in [1.165, 1.54) is 6.07 Å². The van der Waals surface area contributed by atoms with Crippen LogP contribution in [0.2, 0.25) is 0 Å². The minimum absolute atomic E-state index is 0.116. The molecule has 1 aliphatic heterocycles. The van der Waals surface area contributed by atoms with Crippen molar-refractivity contribution in [1.82, 2.24) is 19.7 Å². The number of aromatic nitrogens is 3. The van der Waals surface area contributed by atoms with Gasteiger partial charge in [-0.2, -0.15) is 5.10 Å². The second-order valence-electron chi connectivity index (χ2n) is 7.07. The third-order valence-corrected chi connectivity index (χ3v) is 5.21. The van der Waals surface area contributed by atoms with E-state index in [1.807, 2.05) is 19.3 Å². The summed E-state index contributed by atoms with van der Waals surface area (Å²) < 4.78 is 28.3. The molecular weight excluding hydrogens is 362 g/mol. The molecule has 3 heterocycles. The Bertz CT molecular complexity index is 1010. The van der Waals surface area contributed by atoms with Crippen LogP contribution in [0.5, 0.6) is 0 Å². The first-order valence-electron chi connectivity index (χ1n) is 9.20. The van der Waals surface area contributed by atoms with Crippen molar-refractivity contribution in [2.45, 2.75) is 18.8 Å². The van der Waals surface area contributed by atoms with Crippen molar-refractivity contribution in [2.24, 2.45) is 7.05 Å². The number of benzene rings is 1. The van der Waals surface area contributed by atoms with E-state index in [-0.39, 0.29) is 11.8 Å². The van der Waals surface area contributed by atoms with E-state index in [2.05, 4.69) is 10.1 Å². The smallest absolute Gasteiger partial charge is 0.272 e. The number of aryl methyl sites for hydroxylation is 1. The van der Waals surface area contributed by atoms with Gasteiger partial charge in [-0.05, 0) is 54.2 Å². The number of nitrogens with zero attached hydrogens (tertiary/aromatic N) is 4. The molecule has 0 aliphatic carbocycles. The van der Waals surface area contributed by atoms with Crippen LogP contribution in [0.1, 0.15) is 34.8 Å². The second-order valence-corrected chi connectivity index (χ2v) is 7.07. The molecule has 3 aromatic rings. The van der Waals surface area contributed by atoms with Crippen molar-refractivity contribution >= 4 is 5.91 Å². The van der Waals surface area contributed by atoms with Crippen LogP contribution in [-0.2, 0) is 7.05 Å². The van der Waals surface area contributed by atoms with E-state index in [1.54, 1.807) is 34.1 Å². The van der Waals surface area contributed by atoms with Crippen molar-refractivity contribution in [3.8, 4) is 11.1 Å². The molecule has 0 atom stereocenters. The fourth-order valence-electron chi connectivity index (χ4n) is 3.64. The SMILES string of the molecule is Cn1cc(-c2ccnc(C(=O)N3CCC(c4ccc(F)c(F)c4)CC3)c2)cn1. The summed E-state index contributed by atoms with van der Waals surface area (Å²) >= 11 is 0. The fourth-order valence-corrected chi connectivity index (χ4v) is 3.64. The van der Waals surface area contributed by atoms with Crippen LogP contribution in [0.3, 0.4) is 0 Å². The first-order chi connectivity index (χ1) is 13.5. The van der Waals surface area contributed by atoms with E-state index < -0.39 is 11.6 Å². The van der Waals surface area contributed by atoms with Crippen molar-refractivity contribution in [1.29, 1.82) is 0 Å². The molecule has 28 heavy (non-hydrogen) atoms. The molecule has 144 valence electrons. The van der Waals surface area contributed by atoms with Gasteiger partial charge in [0.2, 0.25) is 0 Å². The fraction of sp³-hybridized carbons (Fsp3) is 0.286. The van der Waals surface area contributed by atoms with Crippen LogP contribution >= 0.6 is 0 Å². The Morgan fingerprint density at radius 3 is 2.54 bits per heavy atom. The summed E-state index contributed by atoms with van der Waals surface area (Å²) in [7, 11) is 1.84. The van der Waals surface area contributed by atoms with Gasteiger partial charge < -0.3 is 4.90 Å². The van der Waals surface area contributed by atoms with Crippen molar-refractivity contribution in [3.05, 3.63) is 71.8 Å². The Morgan fingerprint density at radius 1 is 1.07 bits per heavy atom. The van der Waals surface area contributed by atoms with Crippen molar-refractivity contribution in [3.63, 3.8) is 0 Å². The summed E-state index contributed by atoms with van der Waals surface area (Å²) in [4.78, 5) is 18.9. The molecular formula is C21H20F2N4O. The standard InChI is InChI=1S/C21H20F2N4O/c1-26-13-17(12-25-26)16-4-7-24-20(11-16)21(28)27-8-5-14(6-9-27)15-2-3-18(22)19(23)10-15/h2-4,7,10-14H,5-6,8-9H2,1H3. The highest BCUT2D eigenvalue weighted by atomic mass is 19.2. The van der Waals surface area contributed by atoms with Gasteiger partial charge in [0.05, 0.1) is 6.20 Å². The van der Waals surface area contributed by atoms with Gasteiger partial charge in [-0.15, -0.1) is 0 Å². The number of halogens is 2. The average molecular weight is 382 g/mol. The van der Waals surface area contributed by atoms with E-state index in [0.717, 1.165) is 22.8 Å². The maximum absolute atomic E-state index is 13.5. The molecule has 0 radical (unpaired) electrons. The van der Waals surface area contributed by atoms with Crippen LogP contribution in [0.4, 0.5) is 8.78 Å². The minimum atomic E-state index is -0.837. The van der Waals surface area contributed by atoms with Gasteiger partial charge in [0, 0.05) is 38.1 Å². The zero-order valence-corrected chi connectivity index (χ0v) is 15.5. The Labute approximate surface area is 161 Å². The molecule has 0 spiro atoms. The lowest BCUT2D eigenvalue weighted by atomic mass is 9.89. The minimum Gasteiger partial charge on any atom is -0.337 e. The lowest BCUT2D eigenvalue weighted by molar-refractivity contribution is 0.0707. The molecule has 1 fully saturated rings. The quantitative estimate of drug-likeness (QED) is 0.693. The van der Waals surface area contributed by atoms with E-state index in [0.29, 0.717) is 31.6 Å². The number of piperidine rings is 1. The highest BCUT2D eigenvalue weighted by molar-refractivity contribution is 5.93. The van der Waals surface area contributed by atoms with Gasteiger partial charge in [-0.3, -0.25) is 14.5 Å². The van der Waals surface area contributed by atoms with E-state index in [4.69, 9.17) is 0 Å². The van der Waals surface area contributed by atoms with Gasteiger partial charge in [-0.1, -0.05) is 6.07 Å². The molecule has 1 amide bonds. The van der Waals surface area contributed by atoms with Crippen molar-refractivity contribution < 1.29 is 13.6 Å². The monoisotopic (exact) mass is 382 g/mol. The number of carbonyl (C=O) groups is 1. The second kappa shape index (κ2) is 7.50.